The molecule has 33 heavy (non-hydrogen) atoms. The average Bonchev–Trinajstić information content (AvgIpc) is 3.20. The third kappa shape index (κ3) is 3.55. The van der Waals surface area contributed by atoms with Crippen molar-refractivity contribution < 1.29 is 0 Å². The number of hydrogen-bond acceptors (Lipinski definition) is 5. The van der Waals surface area contributed by atoms with Gasteiger partial charge >= 0.3 is 0 Å². The van der Waals surface area contributed by atoms with Crippen LogP contribution in [-0.4, -0.2) is 49.4 Å². The van der Waals surface area contributed by atoms with Gasteiger partial charge in [-0.2, -0.15) is 5.10 Å². The molecule has 8 nitrogen and oxygen atoms in total. The van der Waals surface area contributed by atoms with Gasteiger partial charge in [0, 0.05) is 57.3 Å². The first kappa shape index (κ1) is 21.2. The minimum atomic E-state index is -0.0691. The van der Waals surface area contributed by atoms with Crippen LogP contribution in [-0.2, 0) is 20.6 Å². The second-order valence-corrected chi connectivity index (χ2v) is 8.97. The number of aromatic nitrogens is 4. The molecule has 1 saturated heterocycles. The summed E-state index contributed by atoms with van der Waals surface area (Å²) in [5.41, 5.74) is 4.61. The summed E-state index contributed by atoms with van der Waals surface area (Å²) in [6, 6.07) is 12.0. The SMILES string of the molecule is [C-]#[N+]c1ccc2c(n1)c(N1C[C@@H](C)N(Cc3cccc4c3cnn4C)C[C@@H]1C)cc(=O)n2C. The first-order valence-electron chi connectivity index (χ1n) is 11.2. The fraction of sp³-hybridized carbons (Fsp3) is 0.360. The monoisotopic (exact) mass is 441 g/mol. The second-order valence-electron chi connectivity index (χ2n) is 8.97. The van der Waals surface area contributed by atoms with E-state index in [1.54, 1.807) is 23.7 Å². The molecule has 2 atom stereocenters. The Balaban J connectivity index is 1.48. The van der Waals surface area contributed by atoms with E-state index >= 15 is 0 Å². The summed E-state index contributed by atoms with van der Waals surface area (Å²) in [5, 5.41) is 5.61. The predicted octanol–water partition coefficient (Wildman–Crippen LogP) is 3.47. The molecule has 0 unspecified atom stereocenters. The molecule has 0 spiro atoms. The third-order valence-corrected chi connectivity index (χ3v) is 6.85. The van der Waals surface area contributed by atoms with Crippen LogP contribution in [0, 0.1) is 6.57 Å². The molecule has 4 aromatic rings. The van der Waals surface area contributed by atoms with Crippen molar-refractivity contribution in [3.63, 3.8) is 0 Å². The van der Waals surface area contributed by atoms with Gasteiger partial charge < -0.3 is 14.3 Å². The smallest absolute Gasteiger partial charge is 0.270 e. The molecule has 0 N–H and O–H groups in total. The van der Waals surface area contributed by atoms with E-state index in [0.29, 0.717) is 11.3 Å². The Labute approximate surface area is 192 Å². The minimum absolute atomic E-state index is 0.0691. The summed E-state index contributed by atoms with van der Waals surface area (Å²) in [6.45, 7) is 14.3. The van der Waals surface area contributed by atoms with Gasteiger partial charge in [-0.1, -0.05) is 18.7 Å². The summed E-state index contributed by atoms with van der Waals surface area (Å²) in [4.78, 5) is 25.5. The summed E-state index contributed by atoms with van der Waals surface area (Å²) < 4.78 is 3.51. The van der Waals surface area contributed by atoms with Crippen molar-refractivity contribution in [1.29, 1.82) is 0 Å². The van der Waals surface area contributed by atoms with Gasteiger partial charge in [-0.15, -0.1) is 4.98 Å². The molecule has 5 rings (SSSR count). The molecule has 1 aromatic carbocycles. The number of aryl methyl sites for hydroxylation is 2. The van der Waals surface area contributed by atoms with E-state index in [-0.39, 0.29) is 17.6 Å². The minimum Gasteiger partial charge on any atom is -0.362 e. The van der Waals surface area contributed by atoms with Crippen molar-refractivity contribution in [2.24, 2.45) is 14.1 Å². The molecule has 0 radical (unpaired) electrons. The fourth-order valence-corrected chi connectivity index (χ4v) is 4.93. The van der Waals surface area contributed by atoms with Crippen molar-refractivity contribution in [1.82, 2.24) is 24.2 Å². The van der Waals surface area contributed by atoms with Crippen LogP contribution in [0.2, 0.25) is 0 Å². The van der Waals surface area contributed by atoms with Crippen LogP contribution in [0.3, 0.4) is 0 Å². The van der Waals surface area contributed by atoms with Crippen LogP contribution in [0.15, 0.2) is 47.4 Å². The highest BCUT2D eigenvalue weighted by Crippen LogP contribution is 2.31. The lowest BCUT2D eigenvalue weighted by atomic mass is 10.0. The summed E-state index contributed by atoms with van der Waals surface area (Å²) in [6.07, 6.45) is 1.95. The molecule has 0 saturated carbocycles. The Morgan fingerprint density at radius 2 is 1.91 bits per heavy atom. The van der Waals surface area contributed by atoms with Crippen LogP contribution in [0.5, 0.6) is 0 Å². The lowest BCUT2D eigenvalue weighted by Crippen LogP contribution is -2.56. The van der Waals surface area contributed by atoms with E-state index in [0.717, 1.165) is 36.4 Å². The first-order chi connectivity index (χ1) is 15.9. The number of fused-ring (bicyclic) bond motifs is 2. The normalized spacial score (nSPS) is 19.3. The molecular weight excluding hydrogens is 414 g/mol. The Bertz CT molecular complexity index is 1460. The summed E-state index contributed by atoms with van der Waals surface area (Å²) in [5.74, 6) is 0.339. The van der Waals surface area contributed by atoms with Crippen LogP contribution in [0.4, 0.5) is 11.5 Å². The molecule has 168 valence electrons. The molecule has 4 heterocycles. The van der Waals surface area contributed by atoms with Crippen molar-refractivity contribution in [3.05, 3.63) is 69.9 Å². The standard InChI is InChI=1S/C25H27N7O/c1-16-14-32(22-11-24(33)29(4)21-9-10-23(26-3)28-25(21)22)17(2)13-31(16)15-18-7-6-8-20-19(18)12-27-30(20)5/h6-12,16-17H,13-15H2,1-2,4-5H3/t16-,17+/m1/s1. The highest BCUT2D eigenvalue weighted by Gasteiger charge is 2.32. The van der Waals surface area contributed by atoms with Crippen LogP contribution in [0.1, 0.15) is 19.4 Å². The zero-order chi connectivity index (χ0) is 23.3. The van der Waals surface area contributed by atoms with Gasteiger partial charge in [0.1, 0.15) is 0 Å². The van der Waals surface area contributed by atoms with Gasteiger partial charge in [-0.25, -0.2) is 0 Å². The van der Waals surface area contributed by atoms with Crippen LogP contribution >= 0.6 is 0 Å². The van der Waals surface area contributed by atoms with Gasteiger partial charge in [0.05, 0.1) is 22.9 Å². The summed E-state index contributed by atoms with van der Waals surface area (Å²) in [7, 11) is 3.72. The van der Waals surface area contributed by atoms with Crippen LogP contribution in [0.25, 0.3) is 26.8 Å². The van der Waals surface area contributed by atoms with E-state index in [1.807, 2.05) is 24.0 Å². The fourth-order valence-electron chi connectivity index (χ4n) is 4.93. The number of pyridine rings is 2. The van der Waals surface area contributed by atoms with E-state index in [9.17, 15) is 4.79 Å². The van der Waals surface area contributed by atoms with Crippen molar-refractivity contribution in [2.45, 2.75) is 32.5 Å². The second kappa shape index (κ2) is 8.01. The van der Waals surface area contributed by atoms with E-state index in [1.165, 1.54) is 10.9 Å². The van der Waals surface area contributed by atoms with Gasteiger partial charge in [0.25, 0.3) is 11.4 Å². The van der Waals surface area contributed by atoms with Gasteiger partial charge in [-0.3, -0.25) is 14.4 Å². The Kier molecular flexibility index (Phi) is 5.14. The Hall–Kier alpha value is -3.70. The number of piperazine rings is 1. The number of benzene rings is 1. The molecule has 3 aromatic heterocycles. The maximum atomic E-state index is 12.7. The lowest BCUT2D eigenvalue weighted by Gasteiger charge is -2.45. The highest BCUT2D eigenvalue weighted by atomic mass is 16.1. The van der Waals surface area contributed by atoms with Gasteiger partial charge in [0.2, 0.25) is 5.52 Å². The molecule has 0 amide bonds. The van der Waals surface area contributed by atoms with Crippen molar-refractivity contribution in [2.75, 3.05) is 18.0 Å². The van der Waals surface area contributed by atoms with Gasteiger partial charge in [-0.05, 0) is 37.6 Å². The van der Waals surface area contributed by atoms with Crippen LogP contribution < -0.4 is 10.5 Å². The predicted molar refractivity (Wildman–Crippen MR) is 131 cm³/mol. The molecule has 1 aliphatic heterocycles. The van der Waals surface area contributed by atoms with Crippen molar-refractivity contribution >= 4 is 33.4 Å². The number of rotatable bonds is 3. The average molecular weight is 442 g/mol. The number of anilines is 1. The highest BCUT2D eigenvalue weighted by molar-refractivity contribution is 5.89. The number of hydrogen-bond donors (Lipinski definition) is 0. The number of nitrogens with zero attached hydrogens (tertiary/aromatic N) is 7. The lowest BCUT2D eigenvalue weighted by molar-refractivity contribution is 0.158. The first-order valence-corrected chi connectivity index (χ1v) is 11.2. The van der Waals surface area contributed by atoms with Crippen molar-refractivity contribution in [3.8, 4) is 0 Å². The van der Waals surface area contributed by atoms with E-state index in [2.05, 4.69) is 56.8 Å². The molecular formula is C25H27N7O. The zero-order valence-corrected chi connectivity index (χ0v) is 19.4. The molecule has 8 heteroatoms. The molecule has 1 fully saturated rings. The molecule has 1 aliphatic rings. The maximum Gasteiger partial charge on any atom is 0.270 e. The Morgan fingerprint density at radius 3 is 2.70 bits per heavy atom. The van der Waals surface area contributed by atoms with E-state index in [4.69, 9.17) is 6.57 Å². The molecule has 0 aliphatic carbocycles. The topological polar surface area (TPSA) is 63.6 Å². The van der Waals surface area contributed by atoms with Gasteiger partial charge in [0.15, 0.2) is 0 Å². The third-order valence-electron chi connectivity index (χ3n) is 6.85. The molecule has 0 bridgehead atoms. The quantitative estimate of drug-likeness (QED) is 0.456. The largest absolute Gasteiger partial charge is 0.362 e. The summed E-state index contributed by atoms with van der Waals surface area (Å²) >= 11 is 0. The Morgan fingerprint density at radius 1 is 1.09 bits per heavy atom. The zero-order valence-electron chi connectivity index (χ0n) is 19.4. The maximum absolute atomic E-state index is 12.7. The van der Waals surface area contributed by atoms with E-state index < -0.39 is 0 Å².